The van der Waals surface area contributed by atoms with Gasteiger partial charge in [-0.3, -0.25) is 4.79 Å². The number of alkyl halides is 3. The average Bonchev–Trinajstić information content (AvgIpc) is 2.59. The van der Waals surface area contributed by atoms with Gasteiger partial charge >= 0.3 is 17.4 Å². The molecule has 12 heteroatoms. The summed E-state index contributed by atoms with van der Waals surface area (Å²) in [4.78, 5) is 15.7. The zero-order valence-corrected chi connectivity index (χ0v) is 14.1. The van der Waals surface area contributed by atoms with E-state index >= 15 is 0 Å². The highest BCUT2D eigenvalue weighted by molar-refractivity contribution is 7.93. The number of hydrogen-bond donors (Lipinski definition) is 2. The average molecular weight is 395 g/mol. The Labute approximate surface area is 147 Å². The first-order valence-corrected chi connectivity index (χ1v) is 8.88. The van der Waals surface area contributed by atoms with Crippen molar-refractivity contribution < 1.29 is 36.0 Å². The van der Waals surface area contributed by atoms with Crippen LogP contribution in [0.5, 0.6) is 0 Å². The summed E-state index contributed by atoms with van der Waals surface area (Å²) in [6.07, 6.45) is -4.94. The Kier molecular flexibility index (Phi) is 5.88. The fourth-order valence-electron chi connectivity index (χ4n) is 2.19. The van der Waals surface area contributed by atoms with Crippen molar-refractivity contribution in [1.29, 1.82) is 0 Å². The first-order chi connectivity index (χ1) is 12.1. The molecule has 0 aliphatic carbocycles. The SMILES string of the molecule is NC(=O)C(ON=C1CCNCC1)(OC(F)(F)F)S(=O)(=O)c1ccccc1. The molecule has 0 spiro atoms. The standard InChI is InChI=1S/C14H16F3N3O5S/c15-14(16,17)24-13(12(18)21,25-20-10-6-8-19-9-7-10)26(22,23)11-4-2-1-3-5-11/h1-5,19H,6-9H2,(H2,18,21). The van der Waals surface area contributed by atoms with Crippen LogP contribution in [0, 0.1) is 0 Å². The third-order valence-corrected chi connectivity index (χ3v) is 5.39. The minimum atomic E-state index is -5.54. The topological polar surface area (TPSA) is 120 Å². The normalized spacial score (nSPS) is 18.0. The molecule has 26 heavy (non-hydrogen) atoms. The number of ether oxygens (including phenoxy) is 1. The van der Waals surface area contributed by atoms with Crippen LogP contribution in [0.4, 0.5) is 13.2 Å². The molecule has 1 fully saturated rings. The maximum absolute atomic E-state index is 12.9. The second-order valence-corrected chi connectivity index (χ2v) is 7.30. The second-order valence-electron chi connectivity index (χ2n) is 5.28. The largest absolute Gasteiger partial charge is 0.527 e. The van der Waals surface area contributed by atoms with Crippen LogP contribution in [0.15, 0.2) is 40.4 Å². The Bertz CT molecular complexity index is 775. The second kappa shape index (κ2) is 7.60. The van der Waals surface area contributed by atoms with Crippen LogP contribution in [0.1, 0.15) is 12.8 Å². The van der Waals surface area contributed by atoms with Crippen LogP contribution < -0.4 is 11.1 Å². The van der Waals surface area contributed by atoms with E-state index in [4.69, 9.17) is 5.73 Å². The van der Waals surface area contributed by atoms with Crippen LogP contribution in [-0.2, 0) is 24.2 Å². The van der Waals surface area contributed by atoms with E-state index in [-0.39, 0.29) is 5.71 Å². The lowest BCUT2D eigenvalue weighted by atomic mass is 10.1. The van der Waals surface area contributed by atoms with Crippen LogP contribution >= 0.6 is 0 Å². The Morgan fingerprint density at radius 2 is 1.73 bits per heavy atom. The van der Waals surface area contributed by atoms with Crippen molar-refractivity contribution in [2.75, 3.05) is 13.1 Å². The van der Waals surface area contributed by atoms with Gasteiger partial charge in [-0.25, -0.2) is 13.2 Å². The molecule has 0 radical (unpaired) electrons. The maximum Gasteiger partial charge on any atom is 0.527 e. The lowest BCUT2D eigenvalue weighted by Gasteiger charge is -2.28. The van der Waals surface area contributed by atoms with Gasteiger partial charge < -0.3 is 15.9 Å². The molecule has 1 aromatic carbocycles. The number of oxime groups is 1. The van der Waals surface area contributed by atoms with E-state index in [2.05, 4.69) is 20.0 Å². The zero-order chi connectivity index (χ0) is 19.4. The fourth-order valence-corrected chi connectivity index (χ4v) is 3.62. The van der Waals surface area contributed by atoms with E-state index in [0.29, 0.717) is 25.9 Å². The Balaban J connectivity index is 2.54. The van der Waals surface area contributed by atoms with Crippen molar-refractivity contribution >= 4 is 21.5 Å². The molecule has 1 amide bonds. The van der Waals surface area contributed by atoms with E-state index in [1.807, 2.05) is 0 Å². The molecule has 1 aliphatic heterocycles. The number of primary amides is 1. The third kappa shape index (κ3) is 4.31. The Morgan fingerprint density at radius 1 is 1.15 bits per heavy atom. The van der Waals surface area contributed by atoms with E-state index < -0.39 is 32.1 Å². The maximum atomic E-state index is 12.9. The number of rotatable bonds is 6. The van der Waals surface area contributed by atoms with Gasteiger partial charge in [0.25, 0.3) is 9.84 Å². The highest BCUT2D eigenvalue weighted by atomic mass is 32.2. The van der Waals surface area contributed by atoms with Crippen molar-refractivity contribution in [3.05, 3.63) is 30.3 Å². The summed E-state index contributed by atoms with van der Waals surface area (Å²) < 4.78 is 67.7. The summed E-state index contributed by atoms with van der Waals surface area (Å²) in [5.41, 5.74) is 5.24. The zero-order valence-electron chi connectivity index (χ0n) is 13.3. The van der Waals surface area contributed by atoms with Crippen LogP contribution in [-0.4, -0.2) is 44.6 Å². The van der Waals surface area contributed by atoms with Crippen LogP contribution in [0.25, 0.3) is 0 Å². The monoisotopic (exact) mass is 395 g/mol. The van der Waals surface area contributed by atoms with Crippen molar-refractivity contribution in [1.82, 2.24) is 5.32 Å². The van der Waals surface area contributed by atoms with Crippen LogP contribution in [0.2, 0.25) is 0 Å². The molecule has 1 heterocycles. The predicted molar refractivity (Wildman–Crippen MR) is 83.3 cm³/mol. The summed E-state index contributed by atoms with van der Waals surface area (Å²) in [5.74, 6) is -2.00. The van der Waals surface area contributed by atoms with Gasteiger partial charge in [-0.1, -0.05) is 23.4 Å². The Hall–Kier alpha value is -2.18. The van der Waals surface area contributed by atoms with Crippen molar-refractivity contribution in [3.63, 3.8) is 0 Å². The van der Waals surface area contributed by atoms with Crippen LogP contribution in [0.3, 0.4) is 0 Å². The lowest BCUT2D eigenvalue weighted by Crippen LogP contribution is -2.56. The molecule has 0 saturated carbocycles. The van der Waals surface area contributed by atoms with Crippen molar-refractivity contribution in [2.45, 2.75) is 29.2 Å². The number of benzene rings is 1. The smallest absolute Gasteiger partial charge is 0.363 e. The van der Waals surface area contributed by atoms with E-state index in [1.165, 1.54) is 18.2 Å². The lowest BCUT2D eigenvalue weighted by molar-refractivity contribution is -0.382. The van der Waals surface area contributed by atoms with Crippen molar-refractivity contribution in [2.24, 2.45) is 10.9 Å². The molecule has 1 saturated heterocycles. The number of sulfone groups is 1. The van der Waals surface area contributed by atoms with Gasteiger partial charge in [-0.15, -0.1) is 13.2 Å². The molecule has 1 aliphatic rings. The number of carbonyl (C=O) groups excluding carboxylic acids is 1. The molecular formula is C14H16F3N3O5S. The molecule has 0 aromatic heterocycles. The first kappa shape index (κ1) is 20.1. The van der Waals surface area contributed by atoms with Crippen molar-refractivity contribution in [3.8, 4) is 0 Å². The summed E-state index contributed by atoms with van der Waals surface area (Å²) in [7, 11) is -5.16. The number of carbonyl (C=O) groups is 1. The number of nitrogens with one attached hydrogen (secondary N) is 1. The number of hydrogen-bond acceptors (Lipinski definition) is 7. The summed E-state index contributed by atoms with van der Waals surface area (Å²) in [6.45, 7) is 0.939. The quantitative estimate of drug-likeness (QED) is 0.545. The van der Waals surface area contributed by atoms with Gasteiger partial charge in [0.15, 0.2) is 0 Å². The summed E-state index contributed by atoms with van der Waals surface area (Å²) >= 11 is 0. The number of amides is 1. The summed E-state index contributed by atoms with van der Waals surface area (Å²) in [6, 6.07) is 5.91. The predicted octanol–water partition coefficient (Wildman–Crippen LogP) is 0.892. The third-order valence-electron chi connectivity index (χ3n) is 3.43. The molecule has 1 atom stereocenters. The molecule has 1 aromatic rings. The first-order valence-electron chi connectivity index (χ1n) is 7.39. The highest BCUT2D eigenvalue weighted by Crippen LogP contribution is 2.35. The minimum Gasteiger partial charge on any atom is -0.363 e. The molecule has 3 N–H and O–H groups in total. The number of piperidine rings is 1. The van der Waals surface area contributed by atoms with E-state index in [1.54, 1.807) is 0 Å². The van der Waals surface area contributed by atoms with Gasteiger partial charge in [0, 0.05) is 25.9 Å². The molecule has 0 bridgehead atoms. The van der Waals surface area contributed by atoms with E-state index in [0.717, 1.165) is 12.1 Å². The van der Waals surface area contributed by atoms with Gasteiger partial charge in [0.2, 0.25) is 0 Å². The van der Waals surface area contributed by atoms with Gasteiger partial charge in [0.1, 0.15) is 0 Å². The Morgan fingerprint density at radius 3 is 2.23 bits per heavy atom. The molecule has 144 valence electrons. The number of nitrogens with two attached hydrogens (primary N) is 1. The molecule has 8 nitrogen and oxygen atoms in total. The van der Waals surface area contributed by atoms with Gasteiger partial charge in [0.05, 0.1) is 10.6 Å². The molecule has 1 unspecified atom stereocenters. The highest BCUT2D eigenvalue weighted by Gasteiger charge is 2.62. The number of halogens is 3. The van der Waals surface area contributed by atoms with Gasteiger partial charge in [-0.05, 0) is 12.1 Å². The van der Waals surface area contributed by atoms with E-state index in [9.17, 15) is 26.4 Å². The molecular weight excluding hydrogens is 379 g/mol. The molecule has 2 rings (SSSR count). The van der Waals surface area contributed by atoms with Gasteiger partial charge in [-0.2, -0.15) is 0 Å². The summed E-state index contributed by atoms with van der Waals surface area (Å²) in [5, 5.41) is 2.51. The minimum absolute atomic E-state index is 0.267. The fraction of sp³-hybridized carbons (Fsp3) is 0.429. The number of nitrogens with zero attached hydrogens (tertiary/aromatic N) is 1.